The quantitative estimate of drug-likeness (QED) is 0.814. The van der Waals surface area contributed by atoms with Crippen molar-refractivity contribution in [1.82, 2.24) is 0 Å². The Morgan fingerprint density at radius 3 is 2.54 bits per heavy atom. The number of anilines is 2. The van der Waals surface area contributed by atoms with Crippen molar-refractivity contribution in [3.63, 3.8) is 0 Å². The Morgan fingerprint density at radius 2 is 1.88 bits per heavy atom. The van der Waals surface area contributed by atoms with Crippen LogP contribution in [0.15, 0.2) is 53.0 Å². The van der Waals surface area contributed by atoms with Gasteiger partial charge < -0.3 is 15.1 Å². The van der Waals surface area contributed by atoms with Crippen molar-refractivity contribution >= 4 is 44.8 Å². The van der Waals surface area contributed by atoms with Gasteiger partial charge in [-0.3, -0.25) is 4.79 Å². The zero-order valence-electron chi connectivity index (χ0n) is 13.3. The predicted octanol–water partition coefficient (Wildman–Crippen LogP) is 2.45. The number of nitrogens with zero attached hydrogens (tertiary/aromatic N) is 1. The molecule has 0 atom stereocenters. The van der Waals surface area contributed by atoms with Gasteiger partial charge in [-0.05, 0) is 42.5 Å². The molecule has 1 heterocycles. The van der Waals surface area contributed by atoms with Crippen molar-refractivity contribution in [2.75, 3.05) is 42.9 Å². The van der Waals surface area contributed by atoms with Crippen LogP contribution in [-0.4, -0.2) is 38.6 Å². The van der Waals surface area contributed by atoms with Crippen molar-refractivity contribution in [3.05, 3.63) is 58.0 Å². The molecule has 1 aliphatic heterocycles. The maximum Gasteiger partial charge on any atom is 0.279 e. The molecule has 0 radical (unpaired) electrons. The zero-order chi connectivity index (χ0) is 16.9. The molecule has 1 fully saturated rings. The Kier molecular flexibility index (Phi) is 5.76. The van der Waals surface area contributed by atoms with Crippen LogP contribution in [0.4, 0.5) is 11.4 Å². The van der Waals surface area contributed by atoms with Gasteiger partial charge in [0, 0.05) is 20.9 Å². The third-order valence-corrected chi connectivity index (χ3v) is 4.93. The number of piperazine rings is 1. The zero-order valence-corrected chi connectivity index (χ0v) is 15.6. The minimum Gasteiger partial charge on any atom is -0.360 e. The lowest BCUT2D eigenvalue weighted by Gasteiger charge is -2.33. The number of quaternary nitrogens is 1. The van der Waals surface area contributed by atoms with Gasteiger partial charge in [0.2, 0.25) is 0 Å². The first-order valence-electron chi connectivity index (χ1n) is 8.00. The summed E-state index contributed by atoms with van der Waals surface area (Å²) in [5.74, 6) is 0.0584. The largest absolute Gasteiger partial charge is 0.360 e. The van der Waals surface area contributed by atoms with E-state index in [0.29, 0.717) is 6.54 Å². The van der Waals surface area contributed by atoms with Crippen LogP contribution in [0.2, 0.25) is 5.02 Å². The van der Waals surface area contributed by atoms with Crippen molar-refractivity contribution in [2.24, 2.45) is 0 Å². The van der Waals surface area contributed by atoms with E-state index >= 15 is 0 Å². The molecule has 3 rings (SSSR count). The van der Waals surface area contributed by atoms with Crippen LogP contribution in [0, 0.1) is 0 Å². The fourth-order valence-corrected chi connectivity index (χ4v) is 3.43. The van der Waals surface area contributed by atoms with Gasteiger partial charge in [-0.1, -0.05) is 33.6 Å². The molecular formula is C18H20BrClN3O+. The highest BCUT2D eigenvalue weighted by molar-refractivity contribution is 9.10. The third kappa shape index (κ3) is 4.72. The van der Waals surface area contributed by atoms with Gasteiger partial charge in [-0.25, -0.2) is 0 Å². The minimum absolute atomic E-state index is 0.0584. The highest BCUT2D eigenvalue weighted by Crippen LogP contribution is 2.18. The third-order valence-electron chi connectivity index (χ3n) is 4.18. The number of hydrogen-bond donors (Lipinski definition) is 2. The number of carbonyl (C=O) groups is 1. The fraction of sp³-hybridized carbons (Fsp3) is 0.278. The summed E-state index contributed by atoms with van der Waals surface area (Å²) >= 11 is 9.35. The van der Waals surface area contributed by atoms with Crippen LogP contribution in [0.25, 0.3) is 0 Å². The number of amides is 1. The lowest BCUT2D eigenvalue weighted by atomic mass is 10.2. The average molecular weight is 410 g/mol. The Balaban J connectivity index is 1.48. The Labute approximate surface area is 155 Å². The van der Waals surface area contributed by atoms with E-state index < -0.39 is 0 Å². The monoisotopic (exact) mass is 408 g/mol. The van der Waals surface area contributed by atoms with Gasteiger partial charge >= 0.3 is 0 Å². The van der Waals surface area contributed by atoms with E-state index in [1.807, 2.05) is 48.5 Å². The van der Waals surface area contributed by atoms with Crippen LogP contribution in [-0.2, 0) is 4.79 Å². The molecule has 2 aromatic carbocycles. The molecule has 0 unspecified atom stereocenters. The molecule has 2 aromatic rings. The lowest BCUT2D eigenvalue weighted by Crippen LogP contribution is -3.15. The van der Waals surface area contributed by atoms with Crippen molar-refractivity contribution in [3.8, 4) is 0 Å². The van der Waals surface area contributed by atoms with Gasteiger partial charge in [0.15, 0.2) is 6.54 Å². The SMILES string of the molecule is O=C(C[NH+]1CCN(c2ccc(Cl)cc2)CC1)Nc1cccc(Br)c1. The van der Waals surface area contributed by atoms with E-state index in [1.165, 1.54) is 10.6 Å². The molecule has 0 bridgehead atoms. The number of nitrogens with one attached hydrogen (secondary N) is 2. The summed E-state index contributed by atoms with van der Waals surface area (Å²) in [7, 11) is 0. The second-order valence-electron chi connectivity index (χ2n) is 5.95. The Morgan fingerprint density at radius 1 is 1.17 bits per heavy atom. The maximum absolute atomic E-state index is 12.2. The average Bonchev–Trinajstić information content (AvgIpc) is 2.56. The van der Waals surface area contributed by atoms with E-state index in [-0.39, 0.29) is 5.91 Å². The lowest BCUT2D eigenvalue weighted by molar-refractivity contribution is -0.892. The Hall–Kier alpha value is -1.56. The number of rotatable bonds is 4. The van der Waals surface area contributed by atoms with Crippen LogP contribution < -0.4 is 15.1 Å². The molecule has 1 saturated heterocycles. The highest BCUT2D eigenvalue weighted by atomic mass is 79.9. The summed E-state index contributed by atoms with van der Waals surface area (Å²) in [4.78, 5) is 15.9. The fourth-order valence-electron chi connectivity index (χ4n) is 2.91. The van der Waals surface area contributed by atoms with E-state index in [1.54, 1.807) is 0 Å². The molecule has 0 spiro atoms. The summed E-state index contributed by atoms with van der Waals surface area (Å²) in [5.41, 5.74) is 2.02. The number of benzene rings is 2. The van der Waals surface area contributed by atoms with Crippen molar-refractivity contribution in [1.29, 1.82) is 0 Å². The summed E-state index contributed by atoms with van der Waals surface area (Å²) < 4.78 is 0.962. The molecule has 0 aromatic heterocycles. The normalized spacial score (nSPS) is 15.3. The standard InChI is InChI=1S/C18H19BrClN3O/c19-14-2-1-3-16(12-14)21-18(24)13-22-8-10-23(11-9-22)17-6-4-15(20)5-7-17/h1-7,12H,8-11,13H2,(H,21,24)/p+1. The summed E-state index contributed by atoms with van der Waals surface area (Å²) in [6.07, 6.45) is 0. The van der Waals surface area contributed by atoms with Gasteiger partial charge in [-0.15, -0.1) is 0 Å². The van der Waals surface area contributed by atoms with Gasteiger partial charge in [-0.2, -0.15) is 0 Å². The van der Waals surface area contributed by atoms with Crippen LogP contribution in [0.3, 0.4) is 0 Å². The van der Waals surface area contributed by atoms with E-state index in [2.05, 4.69) is 26.1 Å². The topological polar surface area (TPSA) is 36.8 Å². The molecule has 0 saturated carbocycles. The van der Waals surface area contributed by atoms with Crippen molar-refractivity contribution < 1.29 is 9.69 Å². The number of carbonyl (C=O) groups excluding carboxylic acids is 1. The van der Waals surface area contributed by atoms with Crippen LogP contribution in [0.5, 0.6) is 0 Å². The molecule has 4 nitrogen and oxygen atoms in total. The van der Waals surface area contributed by atoms with Crippen LogP contribution in [0.1, 0.15) is 0 Å². The van der Waals surface area contributed by atoms with Crippen LogP contribution >= 0.6 is 27.5 Å². The van der Waals surface area contributed by atoms with E-state index in [9.17, 15) is 4.79 Å². The predicted molar refractivity (Wildman–Crippen MR) is 102 cm³/mol. The first-order valence-corrected chi connectivity index (χ1v) is 9.17. The second kappa shape index (κ2) is 8.01. The van der Waals surface area contributed by atoms with E-state index in [0.717, 1.165) is 41.4 Å². The second-order valence-corrected chi connectivity index (χ2v) is 7.30. The first-order chi connectivity index (χ1) is 11.6. The molecular weight excluding hydrogens is 390 g/mol. The van der Waals surface area contributed by atoms with Gasteiger partial charge in [0.1, 0.15) is 0 Å². The van der Waals surface area contributed by atoms with Crippen molar-refractivity contribution in [2.45, 2.75) is 0 Å². The van der Waals surface area contributed by atoms with Gasteiger partial charge in [0.05, 0.1) is 26.2 Å². The smallest absolute Gasteiger partial charge is 0.279 e. The molecule has 6 heteroatoms. The minimum atomic E-state index is 0.0584. The molecule has 2 N–H and O–H groups in total. The highest BCUT2D eigenvalue weighted by Gasteiger charge is 2.22. The summed E-state index contributed by atoms with van der Waals surface area (Å²) in [6.45, 7) is 4.30. The number of hydrogen-bond acceptors (Lipinski definition) is 2. The number of halogens is 2. The molecule has 0 aliphatic carbocycles. The maximum atomic E-state index is 12.2. The molecule has 1 amide bonds. The Bertz CT molecular complexity index is 700. The first kappa shape index (κ1) is 17.3. The van der Waals surface area contributed by atoms with Gasteiger partial charge in [0.25, 0.3) is 5.91 Å². The molecule has 126 valence electrons. The summed E-state index contributed by atoms with van der Waals surface area (Å²) in [5, 5.41) is 3.72. The molecule has 1 aliphatic rings. The van der Waals surface area contributed by atoms with E-state index in [4.69, 9.17) is 11.6 Å². The summed E-state index contributed by atoms with van der Waals surface area (Å²) in [6, 6.07) is 15.6. The molecule has 24 heavy (non-hydrogen) atoms.